The quantitative estimate of drug-likeness (QED) is 0.364. The normalized spacial score (nSPS) is 23.6. The van der Waals surface area contributed by atoms with Crippen molar-refractivity contribution >= 4 is 0 Å². The third-order valence-corrected chi connectivity index (χ3v) is 5.73. The van der Waals surface area contributed by atoms with E-state index in [0.717, 1.165) is 11.8 Å². The monoisotopic (exact) mass is 352 g/mol. The molecule has 150 valence electrons. The lowest BCUT2D eigenvalue weighted by molar-refractivity contribution is 0.102. The maximum Gasteiger partial charge on any atom is 0.0563 e. The van der Waals surface area contributed by atoms with E-state index in [1.165, 1.54) is 76.2 Å². The van der Waals surface area contributed by atoms with Gasteiger partial charge >= 0.3 is 0 Å². The molecule has 0 aliphatic heterocycles. The van der Waals surface area contributed by atoms with E-state index in [0.29, 0.717) is 5.41 Å². The fraction of sp³-hybridized carbons (Fsp3) is 0.917. The fourth-order valence-corrected chi connectivity index (χ4v) is 3.95. The second-order valence-electron chi connectivity index (χ2n) is 9.75. The zero-order valence-corrected chi connectivity index (χ0v) is 18.6. The van der Waals surface area contributed by atoms with Crippen molar-refractivity contribution in [2.24, 2.45) is 17.3 Å². The number of aliphatic hydroxyl groups is 1. The molecule has 2 unspecified atom stereocenters. The van der Waals surface area contributed by atoms with Crippen LogP contribution in [0.2, 0.25) is 0 Å². The summed E-state index contributed by atoms with van der Waals surface area (Å²) in [7, 11) is 0. The van der Waals surface area contributed by atoms with Crippen molar-refractivity contribution in [3.63, 3.8) is 0 Å². The van der Waals surface area contributed by atoms with Gasteiger partial charge in [0, 0.05) is 0 Å². The highest BCUT2D eigenvalue weighted by Crippen LogP contribution is 2.58. The summed E-state index contributed by atoms with van der Waals surface area (Å²) in [5.74, 6) is 1.85. The highest BCUT2D eigenvalue weighted by Gasteiger charge is 2.47. The molecule has 1 N–H and O–H groups in total. The molecule has 2 saturated carbocycles. The average Bonchev–Trinajstić information content (AvgIpc) is 3.05. The molecule has 2 rings (SSSR count). The van der Waals surface area contributed by atoms with Crippen LogP contribution >= 0.6 is 0 Å². The van der Waals surface area contributed by atoms with Crippen molar-refractivity contribution in [1.82, 2.24) is 0 Å². The molecule has 0 saturated heterocycles. The standard InChI is InChI=1S/C10H16.C10H22.C4H10O/c1-7-8-4-5-9(6-8)10(7,2)3;1-3-5-7-9-10-8-6-4-2;1-4(2,3)5/h8-9H,1,4-6H2,2-3H3;3-10H2,1-2H3;5H,1-3H3. The Hall–Kier alpha value is -0.300. The SMILES string of the molecule is C=C1C2CCC(C2)C1(C)C.CC(C)(C)O.CCCCCCCCCC. The lowest BCUT2D eigenvalue weighted by Crippen LogP contribution is -2.21. The molecule has 0 spiro atoms. The van der Waals surface area contributed by atoms with Crippen molar-refractivity contribution in [2.75, 3.05) is 0 Å². The Kier molecular flexibility index (Phi) is 12.0. The minimum atomic E-state index is -0.500. The van der Waals surface area contributed by atoms with Crippen LogP contribution in [0.25, 0.3) is 0 Å². The van der Waals surface area contributed by atoms with Crippen LogP contribution in [-0.4, -0.2) is 10.7 Å². The van der Waals surface area contributed by atoms with Gasteiger partial charge in [0.25, 0.3) is 0 Å². The summed E-state index contributed by atoms with van der Waals surface area (Å²) in [6.07, 6.45) is 15.8. The predicted molar refractivity (Wildman–Crippen MR) is 114 cm³/mol. The van der Waals surface area contributed by atoms with Gasteiger partial charge in [0.15, 0.2) is 0 Å². The summed E-state index contributed by atoms with van der Waals surface area (Å²) >= 11 is 0. The van der Waals surface area contributed by atoms with Crippen molar-refractivity contribution in [2.45, 2.75) is 125 Å². The van der Waals surface area contributed by atoms with Crippen LogP contribution in [0, 0.1) is 17.3 Å². The third-order valence-electron chi connectivity index (χ3n) is 5.73. The van der Waals surface area contributed by atoms with E-state index < -0.39 is 5.60 Å². The first kappa shape index (κ1) is 24.7. The highest BCUT2D eigenvalue weighted by molar-refractivity contribution is 5.22. The summed E-state index contributed by atoms with van der Waals surface area (Å²) in [5, 5.41) is 8.52. The van der Waals surface area contributed by atoms with Gasteiger partial charge in [-0.05, 0) is 57.3 Å². The first-order valence-corrected chi connectivity index (χ1v) is 11.0. The Labute approximate surface area is 159 Å². The summed E-state index contributed by atoms with van der Waals surface area (Å²) < 4.78 is 0. The lowest BCUT2D eigenvalue weighted by Gasteiger charge is -2.31. The fourth-order valence-electron chi connectivity index (χ4n) is 3.95. The van der Waals surface area contributed by atoms with Gasteiger partial charge in [-0.2, -0.15) is 0 Å². The van der Waals surface area contributed by atoms with E-state index in [1.54, 1.807) is 20.8 Å². The van der Waals surface area contributed by atoms with Crippen LogP contribution in [-0.2, 0) is 0 Å². The second-order valence-corrected chi connectivity index (χ2v) is 9.75. The minimum Gasteiger partial charge on any atom is -0.391 e. The topological polar surface area (TPSA) is 20.2 Å². The van der Waals surface area contributed by atoms with Gasteiger partial charge in [-0.3, -0.25) is 0 Å². The molecule has 0 amide bonds. The largest absolute Gasteiger partial charge is 0.391 e. The van der Waals surface area contributed by atoms with E-state index in [9.17, 15) is 0 Å². The number of rotatable bonds is 7. The molecule has 0 aromatic heterocycles. The van der Waals surface area contributed by atoms with Crippen molar-refractivity contribution in [3.8, 4) is 0 Å². The molecule has 1 heteroatoms. The van der Waals surface area contributed by atoms with E-state index in [2.05, 4.69) is 34.3 Å². The van der Waals surface area contributed by atoms with Crippen molar-refractivity contribution in [3.05, 3.63) is 12.2 Å². The number of unbranched alkanes of at least 4 members (excludes halogenated alkanes) is 7. The Bertz CT molecular complexity index is 334. The number of allylic oxidation sites excluding steroid dienone is 1. The van der Waals surface area contributed by atoms with Gasteiger partial charge in [0.2, 0.25) is 0 Å². The molecule has 0 heterocycles. The summed E-state index contributed by atoms with van der Waals surface area (Å²) in [5.41, 5.74) is 1.51. The molecule has 2 bridgehead atoms. The molecule has 0 aromatic carbocycles. The van der Waals surface area contributed by atoms with Gasteiger partial charge in [-0.1, -0.05) is 91.2 Å². The molecular formula is C24H48O. The van der Waals surface area contributed by atoms with Crippen LogP contribution in [0.15, 0.2) is 12.2 Å². The first-order valence-electron chi connectivity index (χ1n) is 11.0. The predicted octanol–water partition coefficient (Wildman–Crippen LogP) is 7.92. The van der Waals surface area contributed by atoms with E-state index >= 15 is 0 Å². The Morgan fingerprint density at radius 3 is 1.56 bits per heavy atom. The zero-order valence-electron chi connectivity index (χ0n) is 18.6. The molecule has 0 radical (unpaired) electrons. The van der Waals surface area contributed by atoms with Gasteiger partial charge < -0.3 is 5.11 Å². The summed E-state index contributed by atoms with van der Waals surface area (Å²) in [4.78, 5) is 0. The Morgan fingerprint density at radius 2 is 1.32 bits per heavy atom. The summed E-state index contributed by atoms with van der Waals surface area (Å²) in [6.45, 7) is 18.7. The maximum atomic E-state index is 8.52. The second kappa shape index (κ2) is 12.2. The van der Waals surface area contributed by atoms with Crippen molar-refractivity contribution in [1.29, 1.82) is 0 Å². The maximum absolute atomic E-state index is 8.52. The van der Waals surface area contributed by atoms with E-state index in [4.69, 9.17) is 5.11 Å². The average molecular weight is 353 g/mol. The van der Waals surface area contributed by atoms with Gasteiger partial charge in [-0.15, -0.1) is 0 Å². The molecule has 2 aliphatic carbocycles. The molecule has 25 heavy (non-hydrogen) atoms. The Balaban J connectivity index is 0.000000368. The molecule has 2 fully saturated rings. The van der Waals surface area contributed by atoms with Gasteiger partial charge in [-0.25, -0.2) is 0 Å². The Morgan fingerprint density at radius 1 is 0.920 bits per heavy atom. The zero-order chi connectivity index (χ0) is 19.5. The summed E-state index contributed by atoms with van der Waals surface area (Å²) in [6, 6.07) is 0. The number of hydrogen-bond donors (Lipinski definition) is 1. The van der Waals surface area contributed by atoms with Crippen molar-refractivity contribution < 1.29 is 5.11 Å². The minimum absolute atomic E-state index is 0.475. The lowest BCUT2D eigenvalue weighted by atomic mass is 9.73. The first-order chi connectivity index (χ1) is 11.5. The van der Waals surface area contributed by atoms with E-state index in [-0.39, 0.29) is 0 Å². The van der Waals surface area contributed by atoms with Crippen LogP contribution in [0.4, 0.5) is 0 Å². The van der Waals surface area contributed by atoms with Crippen LogP contribution in [0.3, 0.4) is 0 Å². The smallest absolute Gasteiger partial charge is 0.0563 e. The number of hydrogen-bond acceptors (Lipinski definition) is 1. The van der Waals surface area contributed by atoms with Crippen LogP contribution in [0.5, 0.6) is 0 Å². The molecule has 0 aromatic rings. The molecule has 1 nitrogen and oxygen atoms in total. The molecule has 2 atom stereocenters. The van der Waals surface area contributed by atoms with Gasteiger partial charge in [0.1, 0.15) is 0 Å². The number of fused-ring (bicyclic) bond motifs is 2. The molecule has 2 aliphatic rings. The van der Waals surface area contributed by atoms with E-state index in [1.807, 2.05) is 0 Å². The molecular weight excluding hydrogens is 304 g/mol. The third kappa shape index (κ3) is 11.1. The highest BCUT2D eigenvalue weighted by atomic mass is 16.3. The van der Waals surface area contributed by atoms with Crippen LogP contribution in [0.1, 0.15) is 119 Å². The van der Waals surface area contributed by atoms with Crippen LogP contribution < -0.4 is 0 Å². The van der Waals surface area contributed by atoms with Gasteiger partial charge in [0.05, 0.1) is 5.60 Å².